The van der Waals surface area contributed by atoms with E-state index in [1.165, 1.54) is 70.6 Å². The normalized spacial score (nSPS) is 23.6. The van der Waals surface area contributed by atoms with Crippen LogP contribution >= 0.6 is 0 Å². The fraction of sp³-hybridized carbons (Fsp3) is 0.913. The molecule has 0 aromatic carbocycles. The molecule has 1 heterocycles. The molecule has 0 amide bonds. The third-order valence-corrected chi connectivity index (χ3v) is 5.47. The van der Waals surface area contributed by atoms with Crippen LogP contribution < -0.4 is 0 Å². The highest BCUT2D eigenvalue weighted by molar-refractivity contribution is 4.88. The van der Waals surface area contributed by atoms with Crippen molar-refractivity contribution in [2.45, 2.75) is 115 Å². The first-order valence-electron chi connectivity index (χ1n) is 11.6. The van der Waals surface area contributed by atoms with E-state index in [2.05, 4.69) is 19.1 Å². The maximum Gasteiger partial charge on any atom is 0.114 e. The summed E-state index contributed by atoms with van der Waals surface area (Å²) in [5.74, 6) is 0. The Morgan fingerprint density at radius 2 is 1.50 bits per heavy atom. The lowest BCUT2D eigenvalue weighted by Crippen LogP contribution is -2.41. The van der Waals surface area contributed by atoms with Gasteiger partial charge in [0.05, 0.1) is 13.2 Å². The Bertz CT molecular complexity index is 374. The molecule has 1 rings (SSSR count). The van der Waals surface area contributed by atoms with Crippen molar-refractivity contribution in [1.82, 2.24) is 0 Å². The minimum absolute atomic E-state index is 0.275. The van der Waals surface area contributed by atoms with E-state index in [0.29, 0.717) is 6.61 Å². The molecule has 5 heteroatoms. The highest BCUT2D eigenvalue weighted by atomic mass is 16.6. The maximum absolute atomic E-state index is 10.1. The van der Waals surface area contributed by atoms with Crippen LogP contribution in [0.4, 0.5) is 0 Å². The third-order valence-electron chi connectivity index (χ3n) is 5.47. The van der Waals surface area contributed by atoms with Crippen molar-refractivity contribution in [2.75, 3.05) is 19.8 Å². The van der Waals surface area contributed by atoms with Gasteiger partial charge in [-0.05, 0) is 32.1 Å². The molecule has 0 aromatic heterocycles. The van der Waals surface area contributed by atoms with E-state index in [4.69, 9.17) is 14.6 Å². The van der Waals surface area contributed by atoms with Crippen molar-refractivity contribution in [3.63, 3.8) is 0 Å². The van der Waals surface area contributed by atoms with Crippen LogP contribution in [-0.2, 0) is 9.47 Å². The van der Waals surface area contributed by atoms with Crippen LogP contribution in [0.5, 0.6) is 0 Å². The van der Waals surface area contributed by atoms with Crippen molar-refractivity contribution in [1.29, 1.82) is 0 Å². The van der Waals surface area contributed by atoms with E-state index < -0.39 is 31.0 Å². The van der Waals surface area contributed by atoms with Crippen LogP contribution in [0.3, 0.4) is 0 Å². The lowest BCUT2D eigenvalue weighted by Gasteiger charge is -2.20. The number of aliphatic hydroxyl groups excluding tert-OH is 3. The molecule has 166 valence electrons. The average Bonchev–Trinajstić information content (AvgIpc) is 3.07. The number of aliphatic hydroxyl groups is 3. The van der Waals surface area contributed by atoms with Crippen molar-refractivity contribution < 1.29 is 24.8 Å². The molecule has 28 heavy (non-hydrogen) atoms. The number of ether oxygens (including phenoxy) is 2. The predicted molar refractivity (Wildman–Crippen MR) is 113 cm³/mol. The fourth-order valence-corrected chi connectivity index (χ4v) is 3.61. The molecular weight excluding hydrogens is 356 g/mol. The van der Waals surface area contributed by atoms with Crippen LogP contribution in [0.1, 0.15) is 90.4 Å². The van der Waals surface area contributed by atoms with Crippen molar-refractivity contribution in [3.8, 4) is 0 Å². The molecule has 1 aliphatic rings. The first kappa shape index (κ1) is 25.6. The summed E-state index contributed by atoms with van der Waals surface area (Å²) in [6.07, 6.45) is 18.1. The van der Waals surface area contributed by atoms with Crippen LogP contribution in [0.15, 0.2) is 12.2 Å². The smallest absolute Gasteiger partial charge is 0.114 e. The molecule has 1 aliphatic heterocycles. The molecule has 0 aliphatic carbocycles. The number of allylic oxidation sites excluding steroid dienone is 2. The highest BCUT2D eigenvalue weighted by Gasteiger charge is 2.40. The Kier molecular flexibility index (Phi) is 15.9. The summed E-state index contributed by atoms with van der Waals surface area (Å²) >= 11 is 0. The maximum atomic E-state index is 10.1. The Hall–Kier alpha value is -0.460. The largest absolute Gasteiger partial charge is 0.394 e. The molecule has 5 nitrogen and oxygen atoms in total. The van der Waals surface area contributed by atoms with Gasteiger partial charge in [0.15, 0.2) is 0 Å². The average molecular weight is 401 g/mol. The number of hydrogen-bond acceptors (Lipinski definition) is 5. The van der Waals surface area contributed by atoms with Gasteiger partial charge < -0.3 is 24.8 Å². The van der Waals surface area contributed by atoms with Gasteiger partial charge in [0, 0.05) is 6.61 Å². The van der Waals surface area contributed by atoms with Gasteiger partial charge >= 0.3 is 0 Å². The van der Waals surface area contributed by atoms with Gasteiger partial charge in [0.2, 0.25) is 0 Å². The zero-order chi connectivity index (χ0) is 20.5. The highest BCUT2D eigenvalue weighted by Crippen LogP contribution is 2.20. The summed E-state index contributed by atoms with van der Waals surface area (Å²) in [5.41, 5.74) is 0. The Morgan fingerprint density at radius 3 is 2.11 bits per heavy atom. The molecule has 0 bridgehead atoms. The lowest BCUT2D eigenvalue weighted by atomic mass is 10.1. The van der Waals surface area contributed by atoms with Gasteiger partial charge in [0.25, 0.3) is 0 Å². The Labute approximate surface area is 172 Å². The van der Waals surface area contributed by atoms with Crippen molar-refractivity contribution in [2.24, 2.45) is 0 Å². The summed E-state index contributed by atoms with van der Waals surface area (Å²) in [6, 6.07) is 0. The van der Waals surface area contributed by atoms with Crippen LogP contribution in [-0.4, -0.2) is 59.6 Å². The minimum atomic E-state index is -1.05. The molecular formula is C23H44O5. The van der Waals surface area contributed by atoms with Crippen molar-refractivity contribution >= 4 is 0 Å². The minimum Gasteiger partial charge on any atom is -0.394 e. The molecule has 0 aromatic rings. The molecule has 1 saturated heterocycles. The summed E-state index contributed by atoms with van der Waals surface area (Å²) in [6.45, 7) is 2.72. The molecule has 0 unspecified atom stereocenters. The zero-order valence-electron chi connectivity index (χ0n) is 17.9. The van der Waals surface area contributed by atoms with Crippen LogP contribution in [0.2, 0.25) is 0 Å². The molecule has 3 N–H and O–H groups in total. The summed E-state index contributed by atoms with van der Waals surface area (Å²) in [7, 11) is 0. The summed E-state index contributed by atoms with van der Waals surface area (Å²) in [4.78, 5) is 0. The van der Waals surface area contributed by atoms with Gasteiger partial charge in [-0.15, -0.1) is 0 Å². The van der Waals surface area contributed by atoms with Gasteiger partial charge in [0.1, 0.15) is 24.4 Å². The van der Waals surface area contributed by atoms with E-state index in [0.717, 1.165) is 12.8 Å². The van der Waals surface area contributed by atoms with Gasteiger partial charge in [-0.1, -0.05) is 70.4 Å². The van der Waals surface area contributed by atoms with Gasteiger partial charge in [-0.3, -0.25) is 0 Å². The van der Waals surface area contributed by atoms with Gasteiger partial charge in [-0.25, -0.2) is 0 Å². The van der Waals surface area contributed by atoms with Crippen LogP contribution in [0, 0.1) is 0 Å². The fourth-order valence-electron chi connectivity index (χ4n) is 3.61. The Balaban J connectivity index is 1.84. The zero-order valence-corrected chi connectivity index (χ0v) is 17.9. The molecule has 4 atom stereocenters. The third kappa shape index (κ3) is 11.5. The molecule has 0 saturated carbocycles. The molecule has 1 fully saturated rings. The van der Waals surface area contributed by atoms with E-state index in [1.807, 2.05) is 0 Å². The lowest BCUT2D eigenvalue weighted by molar-refractivity contribution is -0.0730. The number of rotatable bonds is 18. The van der Waals surface area contributed by atoms with Crippen LogP contribution in [0.25, 0.3) is 0 Å². The monoisotopic (exact) mass is 400 g/mol. The second-order valence-electron chi connectivity index (χ2n) is 8.03. The topological polar surface area (TPSA) is 79.2 Å². The quantitative estimate of drug-likeness (QED) is 0.238. The molecule has 0 spiro atoms. The van der Waals surface area contributed by atoms with E-state index >= 15 is 0 Å². The second kappa shape index (κ2) is 17.4. The predicted octanol–water partition coefficient (Wildman–Crippen LogP) is 4.13. The van der Waals surface area contributed by atoms with E-state index in [-0.39, 0.29) is 6.61 Å². The first-order valence-corrected chi connectivity index (χ1v) is 11.6. The second-order valence-corrected chi connectivity index (χ2v) is 8.03. The number of unbranched alkanes of at least 4 members (excludes halogenated alkanes) is 11. The number of hydrogen-bond donors (Lipinski definition) is 3. The van der Waals surface area contributed by atoms with Gasteiger partial charge in [-0.2, -0.15) is 0 Å². The Morgan fingerprint density at radius 1 is 0.929 bits per heavy atom. The standard InChI is InChI=1S/C23H44O5/c1-2-3-4-5-6-7-8-9-10-11-12-13-14-15-16-17-27-21-19-28-23(22(21)26)20(25)18-24/h6-7,20-26H,2-5,8-19H2,1H3/b7-6+/t20-,21+,22-,23-/m0/s1. The first-order chi connectivity index (χ1) is 13.7. The SMILES string of the molecule is CCCCC/C=C/CCCCCCCCCCO[C@@H]1CO[C@@H]([C@@H](O)CO)[C@H]1O. The van der Waals surface area contributed by atoms with E-state index in [9.17, 15) is 10.2 Å². The van der Waals surface area contributed by atoms with E-state index in [1.54, 1.807) is 0 Å². The molecule has 0 radical (unpaired) electrons. The summed E-state index contributed by atoms with van der Waals surface area (Å²) in [5, 5.41) is 28.6. The van der Waals surface area contributed by atoms with Crippen molar-refractivity contribution in [3.05, 3.63) is 12.2 Å². The summed E-state index contributed by atoms with van der Waals surface area (Å²) < 4.78 is 11.0.